The molecule has 0 spiro atoms. The Balaban J connectivity index is 0. The van der Waals surface area contributed by atoms with Crippen molar-refractivity contribution in [1.82, 2.24) is 5.32 Å². The van der Waals surface area contributed by atoms with Crippen LogP contribution in [0.5, 0.6) is 0 Å². The minimum atomic E-state index is -4.42. The molecule has 1 amide bonds. The van der Waals surface area contributed by atoms with E-state index in [1.54, 1.807) is 0 Å². The molecule has 2 N–H and O–H groups in total. The molecule has 0 aromatic heterocycles. The maximum absolute atomic E-state index is 11.5. The molecule has 163 valence electrons. The second kappa shape index (κ2) is 22.0. The van der Waals surface area contributed by atoms with Gasteiger partial charge in [0.15, 0.2) is 0 Å². The van der Waals surface area contributed by atoms with Crippen LogP contribution in [0.4, 0.5) is 0 Å². The normalized spacial score (nSPS) is 11.2. The Morgan fingerprint density at radius 2 is 1.18 bits per heavy atom. The van der Waals surface area contributed by atoms with E-state index in [1.807, 2.05) is 0 Å². The van der Waals surface area contributed by atoms with Gasteiger partial charge in [-0.15, -0.1) is 0 Å². The molecular formula is C20H41NNaO5S. The smallest absolute Gasteiger partial charge is 0.354 e. The Morgan fingerprint density at radius 1 is 0.786 bits per heavy atom. The molecule has 0 heterocycles. The second-order valence-corrected chi connectivity index (χ2v) is 8.39. The molecule has 0 aromatic rings. The van der Waals surface area contributed by atoms with Crippen LogP contribution in [0.25, 0.3) is 0 Å². The van der Waals surface area contributed by atoms with Crippen LogP contribution < -0.4 is 5.32 Å². The summed E-state index contributed by atoms with van der Waals surface area (Å²) in [4.78, 5) is 11.5. The van der Waals surface area contributed by atoms with E-state index in [1.165, 1.54) is 77.0 Å². The first kappa shape index (κ1) is 30.5. The number of hydrogen-bond donors (Lipinski definition) is 2. The summed E-state index contributed by atoms with van der Waals surface area (Å²) in [5, 5.41) is 2.57. The van der Waals surface area contributed by atoms with Gasteiger partial charge in [-0.05, 0) is 6.42 Å². The van der Waals surface area contributed by atoms with Gasteiger partial charge in [-0.2, -0.15) is 8.42 Å². The van der Waals surface area contributed by atoms with Crippen LogP contribution >= 0.6 is 0 Å². The third kappa shape index (κ3) is 26.3. The van der Waals surface area contributed by atoms with E-state index in [0.717, 1.165) is 19.3 Å². The fraction of sp³-hybridized carbons (Fsp3) is 0.950. The molecular weight excluding hydrogens is 389 g/mol. The molecule has 0 aliphatic carbocycles. The summed E-state index contributed by atoms with van der Waals surface area (Å²) < 4.78 is 33.1. The quantitative estimate of drug-likeness (QED) is 0.164. The molecule has 0 unspecified atom stereocenters. The predicted molar refractivity (Wildman–Crippen MR) is 116 cm³/mol. The molecule has 0 atom stereocenters. The van der Waals surface area contributed by atoms with Crippen LogP contribution in [-0.2, 0) is 19.4 Å². The summed E-state index contributed by atoms with van der Waals surface area (Å²) >= 11 is 0. The van der Waals surface area contributed by atoms with Gasteiger partial charge in [0.2, 0.25) is 5.91 Å². The van der Waals surface area contributed by atoms with Gasteiger partial charge in [0.1, 0.15) is 0 Å². The molecule has 0 aliphatic heterocycles. The van der Waals surface area contributed by atoms with Gasteiger partial charge < -0.3 is 5.32 Å². The van der Waals surface area contributed by atoms with E-state index in [4.69, 9.17) is 4.55 Å². The summed E-state index contributed by atoms with van der Waals surface area (Å²) in [6, 6.07) is 0. The zero-order valence-electron chi connectivity index (χ0n) is 18.2. The van der Waals surface area contributed by atoms with Crippen LogP contribution in [-0.4, -0.2) is 61.6 Å². The third-order valence-corrected chi connectivity index (χ3v) is 5.13. The minimum absolute atomic E-state index is 0. The number of hydrogen-bond acceptors (Lipinski definition) is 4. The van der Waals surface area contributed by atoms with Gasteiger partial charge in [0.05, 0.1) is 6.61 Å². The predicted octanol–water partition coefficient (Wildman–Crippen LogP) is 4.80. The Kier molecular flexibility index (Phi) is 24.0. The van der Waals surface area contributed by atoms with Gasteiger partial charge in [0.25, 0.3) is 0 Å². The van der Waals surface area contributed by atoms with Crippen LogP contribution in [0.3, 0.4) is 0 Å². The van der Waals surface area contributed by atoms with Crippen molar-refractivity contribution in [3.8, 4) is 0 Å². The van der Waals surface area contributed by atoms with E-state index in [9.17, 15) is 13.2 Å². The molecule has 0 bridgehead atoms. The van der Waals surface area contributed by atoms with Crippen molar-refractivity contribution >= 4 is 45.9 Å². The molecule has 0 rings (SSSR count). The van der Waals surface area contributed by atoms with Crippen LogP contribution in [0, 0.1) is 0 Å². The first-order valence-electron chi connectivity index (χ1n) is 10.8. The Labute approximate surface area is 195 Å². The molecule has 0 saturated carbocycles. The Hall–Kier alpha value is 0.340. The fourth-order valence-electron chi connectivity index (χ4n) is 3.08. The standard InChI is InChI=1S/C20H41NO5S.Na/c1-2-3-4-5-6-7-8-9-10-11-12-13-14-15-16-17-20(22)21-18-19-26-27(23,24)25;/h2-19H2,1H3,(H,21,22)(H,23,24,25);. The number of nitrogens with one attached hydrogen (secondary N) is 1. The molecule has 8 heteroatoms. The average molecular weight is 431 g/mol. The number of unbranched alkanes of at least 4 members (excludes halogenated alkanes) is 14. The van der Waals surface area contributed by atoms with E-state index < -0.39 is 10.4 Å². The molecule has 28 heavy (non-hydrogen) atoms. The van der Waals surface area contributed by atoms with Crippen molar-refractivity contribution in [3.05, 3.63) is 0 Å². The van der Waals surface area contributed by atoms with Gasteiger partial charge in [-0.25, -0.2) is 4.18 Å². The summed E-state index contributed by atoms with van der Waals surface area (Å²) in [6.45, 7) is 2.09. The first-order valence-corrected chi connectivity index (χ1v) is 12.2. The SMILES string of the molecule is CCCCCCCCCCCCCCCCCC(=O)NCCOS(=O)(=O)O.[Na]. The molecule has 0 saturated heterocycles. The zero-order valence-corrected chi connectivity index (χ0v) is 21.0. The topological polar surface area (TPSA) is 92.7 Å². The maximum Gasteiger partial charge on any atom is 0.397 e. The van der Waals surface area contributed by atoms with Crippen molar-refractivity contribution in [2.75, 3.05) is 13.2 Å². The fourth-order valence-corrected chi connectivity index (χ4v) is 3.38. The van der Waals surface area contributed by atoms with Crippen LogP contribution in [0.2, 0.25) is 0 Å². The Morgan fingerprint density at radius 3 is 1.57 bits per heavy atom. The van der Waals surface area contributed by atoms with Crippen molar-refractivity contribution in [3.63, 3.8) is 0 Å². The monoisotopic (exact) mass is 430 g/mol. The molecule has 0 aliphatic rings. The molecule has 0 fully saturated rings. The van der Waals surface area contributed by atoms with Crippen molar-refractivity contribution in [1.29, 1.82) is 0 Å². The minimum Gasteiger partial charge on any atom is -0.354 e. The maximum atomic E-state index is 11.5. The third-order valence-electron chi connectivity index (χ3n) is 4.66. The summed E-state index contributed by atoms with van der Waals surface area (Å²) in [5.74, 6) is -0.108. The first-order chi connectivity index (χ1) is 13.0. The van der Waals surface area contributed by atoms with E-state index in [0.29, 0.717) is 6.42 Å². The van der Waals surface area contributed by atoms with Crippen molar-refractivity contribution in [2.45, 2.75) is 110 Å². The van der Waals surface area contributed by atoms with Crippen LogP contribution in [0.15, 0.2) is 0 Å². The van der Waals surface area contributed by atoms with E-state index in [2.05, 4.69) is 16.4 Å². The van der Waals surface area contributed by atoms with E-state index >= 15 is 0 Å². The summed E-state index contributed by atoms with van der Waals surface area (Å²) in [7, 11) is -4.42. The molecule has 6 nitrogen and oxygen atoms in total. The van der Waals surface area contributed by atoms with Gasteiger partial charge in [0, 0.05) is 42.5 Å². The summed E-state index contributed by atoms with van der Waals surface area (Å²) in [5.41, 5.74) is 0. The van der Waals surface area contributed by atoms with Gasteiger partial charge in [-0.3, -0.25) is 9.35 Å². The molecule has 0 aromatic carbocycles. The zero-order chi connectivity index (χ0) is 20.2. The summed E-state index contributed by atoms with van der Waals surface area (Å²) in [6.07, 6.45) is 19.8. The number of amides is 1. The Bertz CT molecular complexity index is 446. The number of carbonyl (C=O) groups excluding carboxylic acids is 1. The second-order valence-electron chi connectivity index (χ2n) is 7.30. The van der Waals surface area contributed by atoms with Crippen LogP contribution in [0.1, 0.15) is 110 Å². The van der Waals surface area contributed by atoms with Gasteiger partial charge in [-0.1, -0.05) is 96.8 Å². The van der Waals surface area contributed by atoms with Crippen molar-refractivity contribution in [2.24, 2.45) is 0 Å². The van der Waals surface area contributed by atoms with E-state index in [-0.39, 0.29) is 48.6 Å². The largest absolute Gasteiger partial charge is 0.397 e. The molecule has 1 radical (unpaired) electrons. The average Bonchev–Trinajstić information content (AvgIpc) is 2.61. The van der Waals surface area contributed by atoms with Crippen molar-refractivity contribution < 1.29 is 21.9 Å². The number of rotatable bonds is 20. The number of carbonyl (C=O) groups is 1. The van der Waals surface area contributed by atoms with Gasteiger partial charge >= 0.3 is 10.4 Å².